The normalized spacial score (nSPS) is 16.1. The van der Waals surface area contributed by atoms with Crippen LogP contribution < -0.4 is 15.4 Å². The monoisotopic (exact) mass is 339 g/mol. The van der Waals surface area contributed by atoms with Crippen LogP contribution >= 0.6 is 0 Å². The van der Waals surface area contributed by atoms with Gasteiger partial charge in [0.25, 0.3) is 0 Å². The number of carbonyl (C=O) groups is 1. The molecule has 0 radical (unpaired) electrons. The predicted molar refractivity (Wildman–Crippen MR) is 93.1 cm³/mol. The molecule has 1 aliphatic heterocycles. The average molecular weight is 339 g/mol. The lowest BCUT2D eigenvalue weighted by atomic mass is 9.93. The molecule has 6 nitrogen and oxygen atoms in total. The second-order valence-electron chi connectivity index (χ2n) is 6.18. The van der Waals surface area contributed by atoms with E-state index in [4.69, 9.17) is 0 Å². The first-order valence-corrected chi connectivity index (χ1v) is 9.81. The van der Waals surface area contributed by atoms with Gasteiger partial charge in [0.1, 0.15) is 0 Å². The Kier molecular flexibility index (Phi) is 6.01. The van der Waals surface area contributed by atoms with Crippen LogP contribution in [0.15, 0.2) is 18.2 Å². The van der Waals surface area contributed by atoms with Crippen molar-refractivity contribution in [3.05, 3.63) is 23.8 Å². The molecule has 0 atom stereocenters. The molecule has 0 spiro atoms. The van der Waals surface area contributed by atoms with E-state index in [-0.39, 0.29) is 5.91 Å². The van der Waals surface area contributed by atoms with E-state index in [0.717, 1.165) is 44.2 Å². The Morgan fingerprint density at radius 3 is 2.65 bits per heavy atom. The number of anilines is 2. The first kappa shape index (κ1) is 17.7. The number of aryl methyl sites for hydroxylation is 1. The summed E-state index contributed by atoms with van der Waals surface area (Å²) in [4.78, 5) is 12.1. The molecule has 0 bridgehead atoms. The zero-order chi connectivity index (χ0) is 16.9. The van der Waals surface area contributed by atoms with E-state index in [9.17, 15) is 13.2 Å². The first-order valence-electron chi connectivity index (χ1n) is 7.92. The summed E-state index contributed by atoms with van der Waals surface area (Å²) in [6.07, 6.45) is 4.75. The summed E-state index contributed by atoms with van der Waals surface area (Å²) in [7, 11) is -3.34. The maximum Gasteiger partial charge on any atom is 0.229 e. The van der Waals surface area contributed by atoms with Gasteiger partial charge in [0.15, 0.2) is 0 Å². The van der Waals surface area contributed by atoms with Gasteiger partial charge >= 0.3 is 0 Å². The van der Waals surface area contributed by atoms with Crippen molar-refractivity contribution in [2.75, 3.05) is 29.4 Å². The number of sulfonamides is 1. The minimum atomic E-state index is -3.34. The van der Waals surface area contributed by atoms with Crippen LogP contribution in [0.3, 0.4) is 0 Å². The lowest BCUT2D eigenvalue weighted by Crippen LogP contribution is -2.28. The molecule has 0 saturated carbocycles. The van der Waals surface area contributed by atoms with E-state index in [2.05, 4.69) is 15.4 Å². The third-order valence-corrected chi connectivity index (χ3v) is 4.65. The molecule has 3 N–H and O–H groups in total. The van der Waals surface area contributed by atoms with Crippen LogP contribution in [0.25, 0.3) is 0 Å². The van der Waals surface area contributed by atoms with E-state index >= 15 is 0 Å². The van der Waals surface area contributed by atoms with Gasteiger partial charge in [0.2, 0.25) is 15.9 Å². The predicted octanol–water partition coefficient (Wildman–Crippen LogP) is 2.08. The van der Waals surface area contributed by atoms with E-state index in [1.54, 1.807) is 18.2 Å². The summed E-state index contributed by atoms with van der Waals surface area (Å²) in [6.45, 7) is 3.88. The molecule has 1 heterocycles. The number of hydrogen-bond acceptors (Lipinski definition) is 4. The molecule has 128 valence electrons. The summed E-state index contributed by atoms with van der Waals surface area (Å²) >= 11 is 0. The Bertz CT molecular complexity index is 653. The topological polar surface area (TPSA) is 87.3 Å². The number of rotatable bonds is 6. The third kappa shape index (κ3) is 6.19. The van der Waals surface area contributed by atoms with Crippen LogP contribution in [0.1, 0.15) is 31.2 Å². The Hall–Kier alpha value is -1.60. The van der Waals surface area contributed by atoms with Crippen molar-refractivity contribution < 1.29 is 13.2 Å². The van der Waals surface area contributed by atoms with E-state index in [1.807, 2.05) is 6.92 Å². The molecule has 1 amide bonds. The lowest BCUT2D eigenvalue weighted by molar-refractivity contribution is -0.116. The van der Waals surface area contributed by atoms with Crippen molar-refractivity contribution in [2.24, 2.45) is 5.92 Å². The standard InChI is InChI=1S/C16H25N3O3S/c1-12-3-5-14(11-15(12)19-23(2,21)22)18-16(20)6-4-13-7-9-17-10-8-13/h3,5,11,13,17,19H,4,6-10H2,1-2H3,(H,18,20). The Morgan fingerprint density at radius 2 is 2.00 bits per heavy atom. The fraction of sp³-hybridized carbons (Fsp3) is 0.562. The average Bonchev–Trinajstić information content (AvgIpc) is 2.48. The van der Waals surface area contributed by atoms with E-state index < -0.39 is 10.0 Å². The molecule has 23 heavy (non-hydrogen) atoms. The van der Waals surface area contributed by atoms with Gasteiger partial charge in [-0.15, -0.1) is 0 Å². The third-order valence-electron chi connectivity index (χ3n) is 4.06. The van der Waals surface area contributed by atoms with Gasteiger partial charge in [0, 0.05) is 12.1 Å². The van der Waals surface area contributed by atoms with Crippen molar-refractivity contribution in [2.45, 2.75) is 32.6 Å². The quantitative estimate of drug-likeness (QED) is 0.740. The summed E-state index contributed by atoms with van der Waals surface area (Å²) in [5.74, 6) is 0.583. The second kappa shape index (κ2) is 7.79. The van der Waals surface area contributed by atoms with Crippen LogP contribution in [0.2, 0.25) is 0 Å². The van der Waals surface area contributed by atoms with Crippen molar-refractivity contribution >= 4 is 27.3 Å². The fourth-order valence-electron chi connectivity index (χ4n) is 2.74. The van der Waals surface area contributed by atoms with Crippen molar-refractivity contribution in [3.8, 4) is 0 Å². The van der Waals surface area contributed by atoms with Crippen molar-refractivity contribution in [1.82, 2.24) is 5.32 Å². The number of benzene rings is 1. The van der Waals surface area contributed by atoms with Gasteiger partial charge in [-0.05, 0) is 62.9 Å². The highest BCUT2D eigenvalue weighted by Crippen LogP contribution is 2.22. The summed E-state index contributed by atoms with van der Waals surface area (Å²) in [5.41, 5.74) is 1.91. The molecule has 0 unspecified atom stereocenters. The van der Waals surface area contributed by atoms with E-state index in [0.29, 0.717) is 23.7 Å². The Morgan fingerprint density at radius 1 is 1.30 bits per heavy atom. The molecule has 1 fully saturated rings. The van der Waals surface area contributed by atoms with Gasteiger partial charge in [-0.2, -0.15) is 0 Å². The fourth-order valence-corrected chi connectivity index (χ4v) is 3.36. The number of amides is 1. The zero-order valence-corrected chi connectivity index (χ0v) is 14.5. The summed E-state index contributed by atoms with van der Waals surface area (Å²) in [5, 5.41) is 6.16. The minimum absolute atomic E-state index is 0.0299. The van der Waals surface area contributed by atoms with Crippen LogP contribution in [0.5, 0.6) is 0 Å². The molecule has 0 aliphatic carbocycles. The Balaban J connectivity index is 1.91. The maximum atomic E-state index is 12.1. The van der Waals surface area contributed by atoms with Gasteiger partial charge < -0.3 is 10.6 Å². The highest BCUT2D eigenvalue weighted by atomic mass is 32.2. The summed E-state index contributed by atoms with van der Waals surface area (Å²) in [6, 6.07) is 5.22. The Labute approximate surface area is 138 Å². The lowest BCUT2D eigenvalue weighted by Gasteiger charge is -2.22. The molecule has 1 aromatic rings. The number of piperidine rings is 1. The van der Waals surface area contributed by atoms with Gasteiger partial charge in [-0.25, -0.2) is 8.42 Å². The van der Waals surface area contributed by atoms with Crippen molar-refractivity contribution in [3.63, 3.8) is 0 Å². The number of hydrogen-bond donors (Lipinski definition) is 3. The minimum Gasteiger partial charge on any atom is -0.326 e. The molecule has 1 aliphatic rings. The maximum absolute atomic E-state index is 12.1. The molecule has 2 rings (SSSR count). The molecular weight excluding hydrogens is 314 g/mol. The van der Waals surface area contributed by atoms with Gasteiger partial charge in [-0.3, -0.25) is 9.52 Å². The van der Waals surface area contributed by atoms with Gasteiger partial charge in [0.05, 0.1) is 11.9 Å². The molecule has 1 aromatic carbocycles. The van der Waals surface area contributed by atoms with Crippen LogP contribution in [0.4, 0.5) is 11.4 Å². The van der Waals surface area contributed by atoms with Crippen LogP contribution in [-0.4, -0.2) is 33.7 Å². The SMILES string of the molecule is Cc1ccc(NC(=O)CCC2CCNCC2)cc1NS(C)(=O)=O. The van der Waals surface area contributed by atoms with Gasteiger partial charge in [-0.1, -0.05) is 6.07 Å². The molecular formula is C16H25N3O3S. The zero-order valence-electron chi connectivity index (χ0n) is 13.7. The van der Waals surface area contributed by atoms with Crippen LogP contribution in [-0.2, 0) is 14.8 Å². The second-order valence-corrected chi connectivity index (χ2v) is 7.93. The van der Waals surface area contributed by atoms with Crippen molar-refractivity contribution in [1.29, 1.82) is 0 Å². The first-order chi connectivity index (χ1) is 10.8. The molecule has 7 heteroatoms. The summed E-state index contributed by atoms with van der Waals surface area (Å²) < 4.78 is 25.2. The highest BCUT2D eigenvalue weighted by Gasteiger charge is 2.15. The number of carbonyl (C=O) groups excluding carboxylic acids is 1. The highest BCUT2D eigenvalue weighted by molar-refractivity contribution is 7.92. The number of nitrogens with one attached hydrogen (secondary N) is 3. The van der Waals surface area contributed by atoms with Crippen LogP contribution in [0, 0.1) is 12.8 Å². The molecule has 1 saturated heterocycles. The smallest absolute Gasteiger partial charge is 0.229 e. The largest absolute Gasteiger partial charge is 0.326 e. The van der Waals surface area contributed by atoms with E-state index in [1.165, 1.54) is 0 Å². The molecule has 0 aromatic heterocycles.